The molecule has 6 nitrogen and oxygen atoms in total. The maximum absolute atomic E-state index is 10.2. The van der Waals surface area contributed by atoms with Gasteiger partial charge in [0.1, 0.15) is 0 Å². The fraction of sp³-hybridized carbons (Fsp3) is 0. The first kappa shape index (κ1) is 56.0. The lowest BCUT2D eigenvalue weighted by Crippen LogP contribution is -2.33. The minimum atomic E-state index is -1.57. The van der Waals surface area contributed by atoms with E-state index in [1.54, 1.807) is 6.07 Å². The summed E-state index contributed by atoms with van der Waals surface area (Å²) in [6, 6.07) is 119. The van der Waals surface area contributed by atoms with Gasteiger partial charge >= 0.3 is 7.12 Å². The second-order valence-electron chi connectivity index (χ2n) is 23.1. The third-order valence-corrected chi connectivity index (χ3v) is 18.3. The van der Waals surface area contributed by atoms with Crippen LogP contribution in [-0.4, -0.2) is 35.4 Å². The van der Waals surface area contributed by atoms with Gasteiger partial charge < -0.3 is 28.3 Å². The summed E-state index contributed by atoms with van der Waals surface area (Å²) >= 11 is 3.56. The van der Waals surface area contributed by atoms with E-state index in [1.807, 2.05) is 66.7 Å². The molecule has 92 heavy (non-hydrogen) atoms. The highest BCUT2D eigenvalue weighted by Crippen LogP contribution is 2.43. The Labute approximate surface area is 540 Å². The van der Waals surface area contributed by atoms with Crippen LogP contribution in [0.3, 0.4) is 0 Å². The Morgan fingerprint density at radius 3 is 0.870 bits per heavy atom. The molecule has 0 amide bonds. The monoisotopic (exact) mass is 1240 g/mol. The van der Waals surface area contributed by atoms with Gasteiger partial charge in [0.25, 0.3) is 0 Å². The van der Waals surface area contributed by atoms with Gasteiger partial charge in [-0.05, 0) is 95.6 Å². The SMILES string of the molecule is Brc1cccc(-n2c3ccccc3c3ccccc32)c1.OB(O)c1cccc(-c2ccccc2)c1-n1c2ccccc2c2ccccc21.c1ccc(-c2cccc(-c3cccc(-n4c5ccccc5c5ccccc54)c3)c2-n2c3ccccc3c3ccccc32)cc1. The summed E-state index contributed by atoms with van der Waals surface area (Å²) in [5, 5.41) is 30.2. The molecule has 0 saturated heterocycles. The Kier molecular flexibility index (Phi) is 14.6. The molecule has 0 unspecified atom stereocenters. The smallest absolute Gasteiger partial charge is 0.423 e. The van der Waals surface area contributed by atoms with Crippen LogP contribution < -0.4 is 5.46 Å². The van der Waals surface area contributed by atoms with E-state index in [4.69, 9.17) is 0 Å². The molecule has 8 heteroatoms. The topological polar surface area (TPSA) is 60.2 Å². The van der Waals surface area contributed by atoms with Crippen molar-refractivity contribution >= 4 is 116 Å². The van der Waals surface area contributed by atoms with Crippen molar-refractivity contribution in [2.45, 2.75) is 0 Å². The van der Waals surface area contributed by atoms with Gasteiger partial charge in [-0.2, -0.15) is 0 Å². The summed E-state index contributed by atoms with van der Waals surface area (Å²) in [6.45, 7) is 0. The molecular weight excluding hydrogens is 1190 g/mol. The summed E-state index contributed by atoms with van der Waals surface area (Å²) in [6.07, 6.45) is 0. The molecule has 4 aromatic heterocycles. The number of fused-ring (bicyclic) bond motifs is 12. The van der Waals surface area contributed by atoms with Crippen LogP contribution >= 0.6 is 15.9 Å². The van der Waals surface area contributed by atoms with Crippen LogP contribution in [0.15, 0.2) is 344 Å². The summed E-state index contributed by atoms with van der Waals surface area (Å²) in [5.41, 5.74) is 21.0. The van der Waals surface area contributed by atoms with E-state index in [1.165, 1.54) is 99.0 Å². The molecule has 4 heterocycles. The summed E-state index contributed by atoms with van der Waals surface area (Å²) in [5.74, 6) is 0. The lowest BCUT2D eigenvalue weighted by molar-refractivity contribution is 0.425. The first-order valence-corrected chi connectivity index (χ1v) is 31.8. The zero-order chi connectivity index (χ0) is 61.7. The molecule has 18 aromatic rings. The van der Waals surface area contributed by atoms with Gasteiger partial charge in [-0.1, -0.05) is 277 Å². The van der Waals surface area contributed by atoms with Crippen molar-refractivity contribution in [3.8, 4) is 56.1 Å². The average molecular weight is 1250 g/mol. The van der Waals surface area contributed by atoms with Gasteiger partial charge in [0.05, 0.1) is 55.5 Å². The van der Waals surface area contributed by atoms with E-state index in [2.05, 4.69) is 301 Å². The van der Waals surface area contributed by atoms with Gasteiger partial charge in [0, 0.05) is 81.1 Å². The first-order valence-electron chi connectivity index (χ1n) is 31.0. The van der Waals surface area contributed by atoms with Gasteiger partial charge in [0.15, 0.2) is 0 Å². The Morgan fingerprint density at radius 2 is 0.500 bits per heavy atom. The van der Waals surface area contributed by atoms with Crippen LogP contribution in [0.5, 0.6) is 0 Å². The summed E-state index contributed by atoms with van der Waals surface area (Å²) in [4.78, 5) is 0. The molecule has 436 valence electrons. The second-order valence-corrected chi connectivity index (χ2v) is 24.0. The van der Waals surface area contributed by atoms with Crippen molar-refractivity contribution in [3.63, 3.8) is 0 Å². The molecule has 0 spiro atoms. The van der Waals surface area contributed by atoms with E-state index in [-0.39, 0.29) is 0 Å². The zero-order valence-corrected chi connectivity index (χ0v) is 51.6. The molecular formula is C84H58BBrN4O2. The van der Waals surface area contributed by atoms with Crippen molar-refractivity contribution in [2.24, 2.45) is 0 Å². The standard InChI is InChI=1S/C42H28N2.C24H18BNO2.C18H12BrN/c1-2-14-29(15-3-1)32-22-13-23-33(42(32)44-40-26-10-6-20-36(40)37-21-7-11-27-41(37)44)30-16-12-17-31(28-30)43-38-24-8-4-18-34(38)35-19-5-9-25-39(35)43;27-25(28)21-14-8-13-18(17-9-2-1-3-10-17)24(21)26-22-15-6-4-11-19(22)20-12-5-7-16-23(20)26;19-13-6-5-7-14(12-13)20-17-10-3-1-8-15(17)16-9-2-4-11-18(16)20/h1-28H;1-16,27-28H;1-12H. The minimum Gasteiger partial charge on any atom is -0.423 e. The van der Waals surface area contributed by atoms with Crippen molar-refractivity contribution in [1.82, 2.24) is 18.3 Å². The Morgan fingerprint density at radius 1 is 0.228 bits per heavy atom. The van der Waals surface area contributed by atoms with Crippen LogP contribution in [0, 0.1) is 0 Å². The highest BCUT2D eigenvalue weighted by atomic mass is 79.9. The van der Waals surface area contributed by atoms with Crippen LogP contribution in [0.2, 0.25) is 0 Å². The van der Waals surface area contributed by atoms with E-state index < -0.39 is 7.12 Å². The first-order chi connectivity index (χ1) is 45.5. The largest absolute Gasteiger partial charge is 0.490 e. The number of nitrogens with zero attached hydrogens (tertiary/aromatic N) is 4. The van der Waals surface area contributed by atoms with Crippen molar-refractivity contribution in [1.29, 1.82) is 0 Å². The number of hydrogen-bond acceptors (Lipinski definition) is 2. The maximum atomic E-state index is 10.2. The molecule has 0 aliphatic heterocycles. The fourth-order valence-corrected chi connectivity index (χ4v) is 14.3. The Bertz CT molecular complexity index is 5570. The number of halogens is 1. The number of hydrogen-bond donors (Lipinski definition) is 2. The average Bonchev–Trinajstić information content (AvgIpc) is 1.58. The van der Waals surface area contributed by atoms with Crippen LogP contribution in [-0.2, 0) is 0 Å². The van der Waals surface area contributed by atoms with Gasteiger partial charge in [-0.15, -0.1) is 0 Å². The lowest BCUT2D eigenvalue weighted by Gasteiger charge is -2.20. The molecule has 0 aliphatic rings. The van der Waals surface area contributed by atoms with E-state index in [9.17, 15) is 10.0 Å². The molecule has 2 N–H and O–H groups in total. The predicted octanol–water partition coefficient (Wildman–Crippen LogP) is 20.9. The predicted molar refractivity (Wildman–Crippen MR) is 391 cm³/mol. The minimum absolute atomic E-state index is 0.479. The van der Waals surface area contributed by atoms with Gasteiger partial charge in [-0.25, -0.2) is 0 Å². The quantitative estimate of drug-likeness (QED) is 0.149. The fourth-order valence-electron chi connectivity index (χ4n) is 13.9. The molecule has 0 atom stereocenters. The lowest BCUT2D eigenvalue weighted by atomic mass is 9.77. The molecule has 18 rings (SSSR count). The van der Waals surface area contributed by atoms with E-state index in [0.717, 1.165) is 48.8 Å². The molecule has 0 saturated carbocycles. The molecule has 0 radical (unpaired) electrons. The zero-order valence-electron chi connectivity index (χ0n) is 50.0. The van der Waals surface area contributed by atoms with Crippen molar-refractivity contribution in [2.75, 3.05) is 0 Å². The maximum Gasteiger partial charge on any atom is 0.490 e. The number of rotatable bonds is 8. The highest BCUT2D eigenvalue weighted by molar-refractivity contribution is 9.10. The number of benzene rings is 14. The van der Waals surface area contributed by atoms with Crippen LogP contribution in [0.4, 0.5) is 0 Å². The Balaban J connectivity index is 0.000000120. The summed E-state index contributed by atoms with van der Waals surface area (Å²) in [7, 11) is -1.57. The van der Waals surface area contributed by atoms with Crippen molar-refractivity contribution in [3.05, 3.63) is 344 Å². The third-order valence-electron chi connectivity index (χ3n) is 17.8. The highest BCUT2D eigenvalue weighted by Gasteiger charge is 2.25. The Hall–Kier alpha value is -11.3. The molecule has 0 aliphatic carbocycles. The third kappa shape index (κ3) is 9.77. The number of aromatic nitrogens is 4. The van der Waals surface area contributed by atoms with Crippen LogP contribution in [0.25, 0.3) is 143 Å². The normalized spacial score (nSPS) is 11.4. The van der Waals surface area contributed by atoms with Gasteiger partial charge in [0.2, 0.25) is 0 Å². The van der Waals surface area contributed by atoms with E-state index >= 15 is 0 Å². The number of para-hydroxylation sites is 10. The molecule has 14 aromatic carbocycles. The van der Waals surface area contributed by atoms with Crippen LogP contribution in [0.1, 0.15) is 0 Å². The van der Waals surface area contributed by atoms with E-state index in [0.29, 0.717) is 5.46 Å². The van der Waals surface area contributed by atoms with Crippen molar-refractivity contribution < 1.29 is 10.0 Å². The molecule has 0 fully saturated rings. The van der Waals surface area contributed by atoms with Gasteiger partial charge in [-0.3, -0.25) is 0 Å². The second kappa shape index (κ2) is 23.9. The molecule has 0 bridgehead atoms. The summed E-state index contributed by atoms with van der Waals surface area (Å²) < 4.78 is 10.4.